The highest BCUT2D eigenvalue weighted by Crippen LogP contribution is 2.23. The fourth-order valence-electron chi connectivity index (χ4n) is 2.60. The van der Waals surface area contributed by atoms with Crippen LogP contribution < -0.4 is 21.1 Å². The third-order valence-corrected chi connectivity index (χ3v) is 3.60. The SMILES string of the molecule is Cc1cc(C)c(NC(=O)Nc2cc([NH+]([O-])O)cc([NH+]([O-])O)c2)c(C)c1. The molecule has 2 amide bonds. The number of nitrogens with one attached hydrogen (secondary N) is 4. The van der Waals surface area contributed by atoms with Crippen LogP contribution in [-0.2, 0) is 0 Å². The first kappa shape index (κ1) is 18.8. The second-order valence-electron chi connectivity index (χ2n) is 5.76. The molecule has 0 saturated heterocycles. The quantitative estimate of drug-likeness (QED) is 0.459. The summed E-state index contributed by atoms with van der Waals surface area (Å²) in [7, 11) is 0. The van der Waals surface area contributed by atoms with E-state index in [1.54, 1.807) is 0 Å². The highest BCUT2D eigenvalue weighted by molar-refractivity contribution is 6.01. The van der Waals surface area contributed by atoms with Crippen LogP contribution in [0.25, 0.3) is 0 Å². The van der Waals surface area contributed by atoms with E-state index in [1.807, 2.05) is 32.9 Å². The lowest BCUT2D eigenvalue weighted by molar-refractivity contribution is -0.996. The van der Waals surface area contributed by atoms with Crippen LogP contribution in [0.15, 0.2) is 30.3 Å². The normalized spacial score (nSPS) is 13.2. The molecule has 0 radical (unpaired) electrons. The van der Waals surface area contributed by atoms with E-state index >= 15 is 0 Å². The number of benzene rings is 2. The van der Waals surface area contributed by atoms with E-state index in [2.05, 4.69) is 10.6 Å². The number of amides is 2. The standard InChI is InChI=1S/C16H20N4O5/c1-9-4-10(2)15(11(3)5-9)18-16(21)17-12-6-13(19(22)23)8-14(7-12)20(24)25/h4-8,19-20,22,24H,1-3H3,(H2,17,18,21). The van der Waals surface area contributed by atoms with E-state index in [1.165, 1.54) is 12.1 Å². The molecule has 9 heteroatoms. The van der Waals surface area contributed by atoms with Gasteiger partial charge in [0.25, 0.3) is 0 Å². The van der Waals surface area contributed by atoms with Crippen molar-refractivity contribution in [2.24, 2.45) is 0 Å². The molecule has 0 aliphatic heterocycles. The molecule has 0 aromatic heterocycles. The molecule has 9 nitrogen and oxygen atoms in total. The Morgan fingerprint density at radius 3 is 1.80 bits per heavy atom. The van der Waals surface area contributed by atoms with E-state index in [4.69, 9.17) is 10.4 Å². The molecular formula is C16H20N4O5. The van der Waals surface area contributed by atoms with Gasteiger partial charge in [0.2, 0.25) is 0 Å². The predicted octanol–water partition coefficient (Wildman–Crippen LogP) is 1.06. The summed E-state index contributed by atoms with van der Waals surface area (Å²) in [5.41, 5.74) is 3.13. The van der Waals surface area contributed by atoms with Crippen molar-refractivity contribution in [3.8, 4) is 0 Å². The monoisotopic (exact) mass is 348 g/mol. The van der Waals surface area contributed by atoms with Gasteiger partial charge in [-0.15, -0.1) is 0 Å². The lowest BCUT2D eigenvalue weighted by atomic mass is 10.1. The number of quaternary nitrogens is 2. The Morgan fingerprint density at radius 2 is 1.36 bits per heavy atom. The van der Waals surface area contributed by atoms with Gasteiger partial charge in [-0.2, -0.15) is 10.5 Å². The van der Waals surface area contributed by atoms with Crippen LogP contribution >= 0.6 is 0 Å². The van der Waals surface area contributed by atoms with Crippen LogP contribution in [0.5, 0.6) is 0 Å². The molecule has 2 unspecified atom stereocenters. The summed E-state index contributed by atoms with van der Waals surface area (Å²) in [5.74, 6) is 0. The second-order valence-corrected chi connectivity index (χ2v) is 5.76. The van der Waals surface area contributed by atoms with Gasteiger partial charge in [0.1, 0.15) is 0 Å². The minimum Gasteiger partial charge on any atom is -0.595 e. The number of hydrogen-bond donors (Lipinski definition) is 6. The largest absolute Gasteiger partial charge is 0.595 e. The van der Waals surface area contributed by atoms with Crippen LogP contribution in [0.2, 0.25) is 0 Å². The molecule has 0 fully saturated rings. The molecule has 0 bridgehead atoms. The predicted molar refractivity (Wildman–Crippen MR) is 91.3 cm³/mol. The number of hydrogen-bond acceptors (Lipinski definition) is 5. The first-order chi connectivity index (χ1) is 11.7. The van der Waals surface area contributed by atoms with Crippen molar-refractivity contribution in [3.05, 3.63) is 57.4 Å². The maximum Gasteiger partial charge on any atom is 0.323 e. The molecule has 0 aliphatic carbocycles. The summed E-state index contributed by atoms with van der Waals surface area (Å²) in [6.45, 7) is 5.68. The third kappa shape index (κ3) is 4.73. The molecule has 0 heterocycles. The van der Waals surface area contributed by atoms with Crippen molar-refractivity contribution >= 4 is 28.8 Å². The van der Waals surface area contributed by atoms with Crippen molar-refractivity contribution < 1.29 is 25.7 Å². The van der Waals surface area contributed by atoms with Gasteiger partial charge < -0.3 is 21.0 Å². The molecular weight excluding hydrogens is 328 g/mol. The summed E-state index contributed by atoms with van der Waals surface area (Å²) >= 11 is 0. The molecule has 0 spiro atoms. The fourth-order valence-corrected chi connectivity index (χ4v) is 2.60. The van der Waals surface area contributed by atoms with Gasteiger partial charge in [-0.3, -0.25) is 0 Å². The van der Waals surface area contributed by atoms with E-state index in [9.17, 15) is 15.2 Å². The second kappa shape index (κ2) is 7.57. The van der Waals surface area contributed by atoms with Gasteiger partial charge in [-0.25, -0.2) is 15.2 Å². The van der Waals surface area contributed by atoms with E-state index in [-0.39, 0.29) is 17.1 Å². The minimum absolute atomic E-state index is 0.0808. The van der Waals surface area contributed by atoms with Gasteiger partial charge in [-0.05, 0) is 31.9 Å². The molecule has 2 aromatic rings. The van der Waals surface area contributed by atoms with E-state index in [0.29, 0.717) is 5.69 Å². The molecule has 6 N–H and O–H groups in total. The lowest BCUT2D eigenvalue weighted by Crippen LogP contribution is -3.00. The Morgan fingerprint density at radius 1 is 0.880 bits per heavy atom. The van der Waals surface area contributed by atoms with Gasteiger partial charge in [0.15, 0.2) is 11.4 Å². The molecule has 0 aliphatic rings. The number of carbonyl (C=O) groups is 1. The number of carbonyl (C=O) groups excluding carboxylic acids is 1. The maximum atomic E-state index is 12.2. The van der Waals surface area contributed by atoms with Crippen LogP contribution in [0.3, 0.4) is 0 Å². The highest BCUT2D eigenvalue weighted by atomic mass is 16.8. The van der Waals surface area contributed by atoms with Gasteiger partial charge in [0, 0.05) is 17.8 Å². The van der Waals surface area contributed by atoms with Crippen LogP contribution in [-0.4, -0.2) is 16.4 Å². The van der Waals surface area contributed by atoms with Crippen LogP contribution in [0, 0.1) is 31.2 Å². The van der Waals surface area contributed by atoms with Crippen molar-refractivity contribution in [2.75, 3.05) is 10.6 Å². The van der Waals surface area contributed by atoms with E-state index in [0.717, 1.165) is 22.8 Å². The van der Waals surface area contributed by atoms with Crippen molar-refractivity contribution in [1.82, 2.24) is 0 Å². The molecule has 0 saturated carbocycles. The third-order valence-electron chi connectivity index (χ3n) is 3.60. The number of anilines is 2. The van der Waals surface area contributed by atoms with E-state index < -0.39 is 16.5 Å². The summed E-state index contributed by atoms with van der Waals surface area (Å²) in [5, 5.41) is 43.0. The summed E-state index contributed by atoms with van der Waals surface area (Å²) in [6.07, 6.45) is 0. The first-order valence-electron chi connectivity index (χ1n) is 7.45. The van der Waals surface area contributed by atoms with Crippen molar-refractivity contribution in [3.63, 3.8) is 0 Å². The smallest absolute Gasteiger partial charge is 0.323 e. The molecule has 134 valence electrons. The van der Waals surface area contributed by atoms with Gasteiger partial charge in [-0.1, -0.05) is 17.7 Å². The Bertz CT molecular complexity index is 743. The molecule has 25 heavy (non-hydrogen) atoms. The average Bonchev–Trinajstić information content (AvgIpc) is 2.50. The zero-order valence-corrected chi connectivity index (χ0v) is 14.0. The first-order valence-corrected chi connectivity index (χ1v) is 7.45. The number of urea groups is 1. The zero-order chi connectivity index (χ0) is 18.7. The highest BCUT2D eigenvalue weighted by Gasteiger charge is 2.13. The van der Waals surface area contributed by atoms with Crippen molar-refractivity contribution in [2.45, 2.75) is 20.8 Å². The summed E-state index contributed by atoms with van der Waals surface area (Å²) in [4.78, 5) is 12.2. The lowest BCUT2D eigenvalue weighted by Gasteiger charge is -2.18. The van der Waals surface area contributed by atoms with Crippen molar-refractivity contribution in [1.29, 1.82) is 0 Å². The molecule has 2 aromatic carbocycles. The Hall–Kier alpha value is -2.53. The van der Waals surface area contributed by atoms with Gasteiger partial charge >= 0.3 is 6.03 Å². The van der Waals surface area contributed by atoms with Gasteiger partial charge in [0.05, 0.1) is 11.8 Å². The average molecular weight is 348 g/mol. The summed E-state index contributed by atoms with van der Waals surface area (Å²) in [6, 6.07) is 6.69. The zero-order valence-electron chi connectivity index (χ0n) is 14.0. The molecule has 2 rings (SSSR count). The fraction of sp³-hybridized carbons (Fsp3) is 0.188. The summed E-state index contributed by atoms with van der Waals surface area (Å²) < 4.78 is 0. The maximum absolute atomic E-state index is 12.2. The van der Waals surface area contributed by atoms with Crippen LogP contribution in [0.1, 0.15) is 16.7 Å². The topological polar surface area (TPSA) is 137 Å². The minimum atomic E-state index is -1.28. The molecule has 2 atom stereocenters. The Balaban J connectivity index is 2.23. The number of rotatable bonds is 4. The number of aryl methyl sites for hydroxylation is 3. The Kier molecular flexibility index (Phi) is 5.69. The van der Waals surface area contributed by atoms with Crippen LogP contribution in [0.4, 0.5) is 27.5 Å². The Labute approximate surface area is 144 Å².